The van der Waals surface area contributed by atoms with Gasteiger partial charge in [-0.2, -0.15) is 5.32 Å². The maximum atomic E-state index is 11.7. The molecule has 79 valence electrons. The summed E-state index contributed by atoms with van der Waals surface area (Å²) < 4.78 is 0. The number of nitrogens with zero attached hydrogens (tertiary/aromatic N) is 2. The zero-order valence-corrected chi connectivity index (χ0v) is 8.72. The highest BCUT2D eigenvalue weighted by Gasteiger charge is 2.17. The smallest absolute Gasteiger partial charge is 0.323 e. The highest BCUT2D eigenvalue weighted by Crippen LogP contribution is 2.12. The molecule has 1 aromatic rings. The average molecular weight is 203 g/mol. The molecule has 1 heterocycles. The molecule has 0 N–H and O–H groups in total. The van der Waals surface area contributed by atoms with Crippen molar-refractivity contribution in [3.05, 3.63) is 30.3 Å². The van der Waals surface area contributed by atoms with E-state index in [9.17, 15) is 4.79 Å². The van der Waals surface area contributed by atoms with Crippen LogP contribution in [0.15, 0.2) is 30.3 Å². The number of para-hydroxylation sites is 1. The van der Waals surface area contributed by atoms with Gasteiger partial charge in [0.15, 0.2) is 0 Å². The van der Waals surface area contributed by atoms with E-state index in [0.717, 1.165) is 31.6 Å². The Labute approximate surface area is 90.1 Å². The lowest BCUT2D eigenvalue weighted by atomic mass is 10.1. The van der Waals surface area contributed by atoms with E-state index in [1.54, 1.807) is 0 Å². The Hall–Kier alpha value is -1.51. The maximum Gasteiger partial charge on any atom is 0.344 e. The fourth-order valence-corrected chi connectivity index (χ4v) is 1.77. The summed E-state index contributed by atoms with van der Waals surface area (Å²) in [5.74, 6) is 0. The van der Waals surface area contributed by atoms with Crippen molar-refractivity contribution in [3.8, 4) is 0 Å². The molecule has 1 saturated heterocycles. The van der Waals surface area contributed by atoms with Crippen molar-refractivity contribution < 1.29 is 4.79 Å². The second-order valence-electron chi connectivity index (χ2n) is 3.78. The minimum absolute atomic E-state index is 0.0964. The van der Waals surface area contributed by atoms with Crippen LogP contribution < -0.4 is 5.32 Å². The summed E-state index contributed by atoms with van der Waals surface area (Å²) in [6.07, 6.45) is 3.45. The summed E-state index contributed by atoms with van der Waals surface area (Å²) in [5.41, 5.74) is 0.744. The maximum absolute atomic E-state index is 11.7. The zero-order valence-electron chi connectivity index (χ0n) is 8.72. The molecule has 1 aliphatic heterocycles. The molecular formula is C12H15N2O. The highest BCUT2D eigenvalue weighted by atomic mass is 16.2. The van der Waals surface area contributed by atoms with Crippen molar-refractivity contribution in [2.24, 2.45) is 0 Å². The molecule has 0 atom stereocenters. The first kappa shape index (κ1) is 10.0. The average Bonchev–Trinajstić information content (AvgIpc) is 2.31. The summed E-state index contributed by atoms with van der Waals surface area (Å²) in [7, 11) is 0. The first-order chi connectivity index (χ1) is 7.36. The molecule has 3 heteroatoms. The summed E-state index contributed by atoms with van der Waals surface area (Å²) >= 11 is 0. The Bertz CT molecular complexity index is 318. The number of hydrogen-bond donors (Lipinski definition) is 0. The van der Waals surface area contributed by atoms with E-state index in [1.165, 1.54) is 6.42 Å². The van der Waals surface area contributed by atoms with Crippen molar-refractivity contribution in [2.45, 2.75) is 19.3 Å². The van der Waals surface area contributed by atoms with Crippen molar-refractivity contribution in [3.63, 3.8) is 0 Å². The predicted molar refractivity (Wildman–Crippen MR) is 59.1 cm³/mol. The molecular weight excluding hydrogens is 188 g/mol. The first-order valence-electron chi connectivity index (χ1n) is 5.42. The van der Waals surface area contributed by atoms with Gasteiger partial charge in [0.1, 0.15) is 0 Å². The molecule has 1 aliphatic rings. The van der Waals surface area contributed by atoms with Gasteiger partial charge >= 0.3 is 6.03 Å². The lowest BCUT2D eigenvalue weighted by Crippen LogP contribution is -2.38. The van der Waals surface area contributed by atoms with Crippen molar-refractivity contribution in [1.29, 1.82) is 0 Å². The molecule has 0 saturated carbocycles. The molecule has 1 fully saturated rings. The Balaban J connectivity index is 1.91. The number of piperidine rings is 1. The van der Waals surface area contributed by atoms with Gasteiger partial charge in [0.2, 0.25) is 0 Å². The van der Waals surface area contributed by atoms with Gasteiger partial charge in [-0.3, -0.25) is 0 Å². The van der Waals surface area contributed by atoms with E-state index in [4.69, 9.17) is 0 Å². The third kappa shape index (κ3) is 2.72. The Morgan fingerprint density at radius 1 is 1.07 bits per heavy atom. The van der Waals surface area contributed by atoms with E-state index in [-0.39, 0.29) is 6.03 Å². The van der Waals surface area contributed by atoms with Crippen LogP contribution in [0.4, 0.5) is 10.5 Å². The second-order valence-corrected chi connectivity index (χ2v) is 3.78. The largest absolute Gasteiger partial charge is 0.344 e. The van der Waals surface area contributed by atoms with E-state index >= 15 is 0 Å². The van der Waals surface area contributed by atoms with Crippen LogP contribution in [0.3, 0.4) is 0 Å². The summed E-state index contributed by atoms with van der Waals surface area (Å²) in [4.78, 5) is 13.6. The number of carbonyl (C=O) groups excluding carboxylic acids is 1. The Morgan fingerprint density at radius 3 is 2.40 bits per heavy atom. The fourth-order valence-electron chi connectivity index (χ4n) is 1.77. The SMILES string of the molecule is O=C([N]c1ccccc1)N1CCCCC1. The van der Waals surface area contributed by atoms with E-state index < -0.39 is 0 Å². The van der Waals surface area contributed by atoms with Gasteiger partial charge in [0.05, 0.1) is 5.69 Å². The zero-order chi connectivity index (χ0) is 10.5. The molecule has 1 aromatic carbocycles. The number of likely N-dealkylation sites (tertiary alicyclic amines) is 1. The van der Waals surface area contributed by atoms with Crippen LogP contribution in [0.5, 0.6) is 0 Å². The van der Waals surface area contributed by atoms with E-state index in [2.05, 4.69) is 5.32 Å². The third-order valence-corrected chi connectivity index (χ3v) is 2.61. The number of rotatable bonds is 1. The van der Waals surface area contributed by atoms with Crippen molar-refractivity contribution in [2.75, 3.05) is 13.1 Å². The van der Waals surface area contributed by atoms with Crippen LogP contribution in [0.2, 0.25) is 0 Å². The Kier molecular flexibility index (Phi) is 3.22. The number of hydrogen-bond acceptors (Lipinski definition) is 1. The molecule has 0 aromatic heterocycles. The number of benzene rings is 1. The molecule has 1 radical (unpaired) electrons. The Morgan fingerprint density at radius 2 is 1.73 bits per heavy atom. The van der Waals surface area contributed by atoms with Crippen LogP contribution in [-0.2, 0) is 0 Å². The number of urea groups is 1. The van der Waals surface area contributed by atoms with Crippen molar-refractivity contribution >= 4 is 11.7 Å². The van der Waals surface area contributed by atoms with E-state index in [0.29, 0.717) is 0 Å². The summed E-state index contributed by atoms with van der Waals surface area (Å²) in [5, 5.41) is 4.07. The fraction of sp³-hybridized carbons (Fsp3) is 0.417. The molecule has 0 unspecified atom stereocenters. The molecule has 0 spiro atoms. The summed E-state index contributed by atoms with van der Waals surface area (Å²) in [6.45, 7) is 1.71. The van der Waals surface area contributed by atoms with Crippen molar-refractivity contribution in [1.82, 2.24) is 10.2 Å². The first-order valence-corrected chi connectivity index (χ1v) is 5.42. The molecule has 3 nitrogen and oxygen atoms in total. The standard InChI is InChI=1S/C12H15N2O/c15-12(14-9-5-2-6-10-14)13-11-7-3-1-4-8-11/h1,3-4,7-8H,2,5-6,9-10H2. The highest BCUT2D eigenvalue weighted by molar-refractivity contribution is 5.78. The van der Waals surface area contributed by atoms with Crippen LogP contribution in [0.1, 0.15) is 19.3 Å². The quantitative estimate of drug-likeness (QED) is 0.690. The van der Waals surface area contributed by atoms with Gasteiger partial charge < -0.3 is 4.90 Å². The van der Waals surface area contributed by atoms with Gasteiger partial charge in [0, 0.05) is 13.1 Å². The van der Waals surface area contributed by atoms with E-state index in [1.807, 2.05) is 35.2 Å². The predicted octanol–water partition coefficient (Wildman–Crippen LogP) is 2.53. The van der Waals surface area contributed by atoms with Gasteiger partial charge in [0.25, 0.3) is 0 Å². The van der Waals surface area contributed by atoms with Gasteiger partial charge in [-0.15, -0.1) is 0 Å². The molecule has 15 heavy (non-hydrogen) atoms. The lowest BCUT2D eigenvalue weighted by molar-refractivity contribution is 0.190. The van der Waals surface area contributed by atoms with Crippen LogP contribution in [0.25, 0.3) is 0 Å². The third-order valence-electron chi connectivity index (χ3n) is 2.61. The van der Waals surface area contributed by atoms with Gasteiger partial charge in [-0.25, -0.2) is 4.79 Å². The monoisotopic (exact) mass is 203 g/mol. The lowest BCUT2D eigenvalue weighted by Gasteiger charge is -2.25. The molecule has 0 bridgehead atoms. The number of amides is 2. The second kappa shape index (κ2) is 4.82. The van der Waals surface area contributed by atoms with Gasteiger partial charge in [-0.05, 0) is 31.4 Å². The van der Waals surface area contributed by atoms with Crippen LogP contribution in [-0.4, -0.2) is 24.0 Å². The molecule has 2 amide bonds. The molecule has 2 rings (SSSR count). The minimum Gasteiger partial charge on any atom is -0.323 e. The summed E-state index contributed by atoms with van der Waals surface area (Å²) in [6, 6.07) is 9.31. The number of carbonyl (C=O) groups is 1. The topological polar surface area (TPSA) is 34.4 Å². The van der Waals surface area contributed by atoms with Crippen LogP contribution >= 0.6 is 0 Å². The minimum atomic E-state index is -0.0964. The van der Waals surface area contributed by atoms with Crippen LogP contribution in [0, 0.1) is 0 Å². The van der Waals surface area contributed by atoms with Gasteiger partial charge in [-0.1, -0.05) is 18.2 Å². The molecule has 0 aliphatic carbocycles. The normalized spacial score (nSPS) is 16.1.